The predicted octanol–water partition coefficient (Wildman–Crippen LogP) is 5.86. The second kappa shape index (κ2) is 17.1. The number of sulfonamides is 1. The van der Waals surface area contributed by atoms with Crippen molar-refractivity contribution in [1.82, 2.24) is 24.9 Å². The molecule has 0 fully saturated rings. The van der Waals surface area contributed by atoms with Gasteiger partial charge in [0.1, 0.15) is 6.04 Å². The minimum absolute atomic E-state index is 0.0370. The summed E-state index contributed by atoms with van der Waals surface area (Å²) in [5.41, 5.74) is 4.45. The molecule has 53 heavy (non-hydrogen) atoms. The molecule has 0 saturated heterocycles. The van der Waals surface area contributed by atoms with Gasteiger partial charge in [0.2, 0.25) is 21.8 Å². The highest BCUT2D eigenvalue weighted by Crippen LogP contribution is 2.35. The van der Waals surface area contributed by atoms with Crippen molar-refractivity contribution < 1.29 is 32.6 Å². The summed E-state index contributed by atoms with van der Waals surface area (Å²) in [6.07, 6.45) is 0.774. The van der Waals surface area contributed by atoms with Gasteiger partial charge in [0, 0.05) is 34.5 Å². The summed E-state index contributed by atoms with van der Waals surface area (Å²) in [6.45, 7) is -0.535. The Hall–Kier alpha value is -5.19. The zero-order valence-corrected chi connectivity index (χ0v) is 31.2. The molecule has 0 saturated carbocycles. The highest BCUT2D eigenvalue weighted by molar-refractivity contribution is 7.89. The van der Waals surface area contributed by atoms with Gasteiger partial charge in [-0.2, -0.15) is 4.31 Å². The summed E-state index contributed by atoms with van der Waals surface area (Å²) in [7, 11) is -1.48. The standard InChI is InChI=1S/C38H37N5O7S3/c1-49-34-19-25(17-18-39-34)22-43(53(47,48)29-14-16-32-30(20-29)41-24-51-32)31(23-44)33-15-13-28(52-33)21-40-37(45)36(42-38(46)50-2)35(26-9-5-3-6-10-26)27-11-7-4-8-12-27/h3-20,24,31,35-36,44H,21-23H2,1-2H3,(H,40,45)(H,42,46)/t31-,36-/m0/s1. The molecule has 2 atom stereocenters. The molecule has 2 amide bonds. The largest absolute Gasteiger partial charge is 0.481 e. The summed E-state index contributed by atoms with van der Waals surface area (Å²) in [4.78, 5) is 36.2. The summed E-state index contributed by atoms with van der Waals surface area (Å²) in [5, 5.41) is 16.5. The number of aromatic nitrogens is 2. The molecule has 0 radical (unpaired) electrons. The number of hydrogen-bond donors (Lipinski definition) is 3. The summed E-state index contributed by atoms with van der Waals surface area (Å²) in [5.74, 6) is -0.668. The average molecular weight is 772 g/mol. The Bertz CT molecular complexity index is 2230. The van der Waals surface area contributed by atoms with Crippen molar-refractivity contribution in [3.05, 3.63) is 141 Å². The van der Waals surface area contributed by atoms with Crippen molar-refractivity contribution in [2.24, 2.45) is 0 Å². The van der Waals surface area contributed by atoms with E-state index in [9.17, 15) is 23.1 Å². The number of fused-ring (bicyclic) bond motifs is 1. The van der Waals surface area contributed by atoms with E-state index in [0.717, 1.165) is 15.8 Å². The number of pyridine rings is 1. The number of thiophene rings is 1. The third kappa shape index (κ3) is 8.72. The van der Waals surface area contributed by atoms with E-state index in [1.165, 1.54) is 59.5 Å². The summed E-state index contributed by atoms with van der Waals surface area (Å²) < 4.78 is 41.0. The number of alkyl carbamates (subject to hydrolysis) is 1. The first-order chi connectivity index (χ1) is 25.7. The number of nitrogens with zero attached hydrogens (tertiary/aromatic N) is 3. The second-order valence-corrected chi connectivity index (χ2v) is 15.8. The van der Waals surface area contributed by atoms with E-state index in [4.69, 9.17) is 9.47 Å². The number of ether oxygens (including phenoxy) is 2. The first-order valence-corrected chi connectivity index (χ1v) is 19.6. The van der Waals surface area contributed by atoms with Gasteiger partial charge >= 0.3 is 6.09 Å². The maximum Gasteiger partial charge on any atom is 0.407 e. The molecular formula is C38H37N5O7S3. The quantitative estimate of drug-likeness (QED) is 0.116. The molecule has 0 aliphatic heterocycles. The molecule has 0 aliphatic carbocycles. The number of carbonyl (C=O) groups is 2. The van der Waals surface area contributed by atoms with Crippen LogP contribution >= 0.6 is 22.7 Å². The summed E-state index contributed by atoms with van der Waals surface area (Å²) in [6, 6.07) is 28.5. The lowest BCUT2D eigenvalue weighted by Gasteiger charge is -2.29. The van der Waals surface area contributed by atoms with Crippen molar-refractivity contribution in [2.75, 3.05) is 20.8 Å². The Morgan fingerprint density at radius 1 is 0.906 bits per heavy atom. The Morgan fingerprint density at radius 2 is 1.62 bits per heavy atom. The summed E-state index contributed by atoms with van der Waals surface area (Å²) >= 11 is 2.67. The Balaban J connectivity index is 1.28. The molecule has 3 heterocycles. The fourth-order valence-corrected chi connectivity index (χ4v) is 9.38. The average Bonchev–Trinajstić information content (AvgIpc) is 3.87. The number of benzene rings is 3. The van der Waals surface area contributed by atoms with Crippen LogP contribution in [0.3, 0.4) is 0 Å². The van der Waals surface area contributed by atoms with Crippen LogP contribution in [-0.2, 0) is 32.6 Å². The Morgan fingerprint density at radius 3 is 2.28 bits per heavy atom. The van der Waals surface area contributed by atoms with Crippen molar-refractivity contribution >= 4 is 54.9 Å². The number of nitrogens with one attached hydrogen (secondary N) is 2. The smallest absolute Gasteiger partial charge is 0.407 e. The van der Waals surface area contributed by atoms with Crippen LogP contribution in [0.2, 0.25) is 0 Å². The van der Waals surface area contributed by atoms with Crippen LogP contribution in [0.15, 0.2) is 120 Å². The van der Waals surface area contributed by atoms with Crippen molar-refractivity contribution in [2.45, 2.75) is 36.0 Å². The molecule has 3 N–H and O–H groups in total. The van der Waals surface area contributed by atoms with E-state index in [1.54, 1.807) is 35.8 Å². The third-order valence-corrected chi connectivity index (χ3v) is 12.5. The minimum Gasteiger partial charge on any atom is -0.481 e. The topological polar surface area (TPSA) is 160 Å². The molecule has 12 nitrogen and oxygen atoms in total. The molecule has 6 aromatic rings. The normalized spacial score (nSPS) is 12.8. The lowest BCUT2D eigenvalue weighted by atomic mass is 9.84. The first kappa shape index (κ1) is 37.6. The van der Waals surface area contributed by atoms with Crippen LogP contribution < -0.4 is 15.4 Å². The van der Waals surface area contributed by atoms with Crippen LogP contribution in [-0.4, -0.2) is 66.7 Å². The van der Waals surface area contributed by atoms with E-state index in [-0.39, 0.29) is 18.0 Å². The SMILES string of the molecule is COC(=O)N[C@H](C(=O)NCc1ccc([C@H](CO)N(Cc2ccnc(OC)c2)S(=O)(=O)c2ccc3scnc3c2)s1)C(c1ccccc1)c1ccccc1. The molecule has 0 spiro atoms. The number of thiazole rings is 1. The number of aliphatic hydroxyl groups is 1. The number of rotatable bonds is 15. The number of carbonyl (C=O) groups excluding carboxylic acids is 2. The highest BCUT2D eigenvalue weighted by Gasteiger charge is 2.35. The third-order valence-electron chi connectivity index (χ3n) is 8.62. The fraction of sp³-hybridized carbons (Fsp3) is 0.211. The van der Waals surface area contributed by atoms with E-state index in [1.807, 2.05) is 60.7 Å². The molecule has 274 valence electrons. The van der Waals surface area contributed by atoms with Crippen molar-refractivity contribution in [3.63, 3.8) is 0 Å². The highest BCUT2D eigenvalue weighted by atomic mass is 32.2. The van der Waals surface area contributed by atoms with Gasteiger partial charge in [0.15, 0.2) is 0 Å². The Kier molecular flexibility index (Phi) is 12.1. The van der Waals surface area contributed by atoms with Crippen molar-refractivity contribution in [3.8, 4) is 5.88 Å². The molecule has 0 bridgehead atoms. The number of hydrogen-bond acceptors (Lipinski definition) is 11. The minimum atomic E-state index is -4.19. The lowest BCUT2D eigenvalue weighted by Crippen LogP contribution is -2.50. The maximum absolute atomic E-state index is 14.4. The predicted molar refractivity (Wildman–Crippen MR) is 203 cm³/mol. The lowest BCUT2D eigenvalue weighted by molar-refractivity contribution is -0.123. The van der Waals surface area contributed by atoms with Gasteiger partial charge in [0.25, 0.3) is 0 Å². The van der Waals surface area contributed by atoms with Gasteiger partial charge in [-0.15, -0.1) is 22.7 Å². The van der Waals surface area contributed by atoms with Gasteiger partial charge < -0.3 is 25.2 Å². The van der Waals surface area contributed by atoms with E-state index in [0.29, 0.717) is 26.7 Å². The van der Waals surface area contributed by atoms with Gasteiger partial charge in [-0.25, -0.2) is 23.2 Å². The van der Waals surface area contributed by atoms with Gasteiger partial charge in [0.05, 0.1) is 54.0 Å². The van der Waals surface area contributed by atoms with E-state index in [2.05, 4.69) is 20.6 Å². The monoisotopic (exact) mass is 771 g/mol. The fourth-order valence-electron chi connectivity index (χ4n) is 6.00. The number of methoxy groups -OCH3 is 2. The van der Waals surface area contributed by atoms with E-state index >= 15 is 0 Å². The first-order valence-electron chi connectivity index (χ1n) is 16.5. The second-order valence-electron chi connectivity index (χ2n) is 11.9. The number of amides is 2. The van der Waals surface area contributed by atoms with Crippen LogP contribution in [0.5, 0.6) is 5.88 Å². The molecule has 3 aromatic carbocycles. The zero-order valence-electron chi connectivity index (χ0n) is 28.8. The maximum atomic E-state index is 14.4. The molecule has 6 rings (SSSR count). The molecule has 15 heteroatoms. The Labute approximate surface area is 315 Å². The van der Waals surface area contributed by atoms with Crippen LogP contribution in [0.1, 0.15) is 38.4 Å². The van der Waals surface area contributed by atoms with E-state index < -0.39 is 46.6 Å². The van der Waals surface area contributed by atoms with Crippen LogP contribution in [0.4, 0.5) is 4.79 Å². The van der Waals surface area contributed by atoms with Crippen LogP contribution in [0.25, 0.3) is 10.2 Å². The molecular weight excluding hydrogens is 735 g/mol. The van der Waals surface area contributed by atoms with Gasteiger partial charge in [-0.05, 0) is 53.1 Å². The van der Waals surface area contributed by atoms with Crippen molar-refractivity contribution in [1.29, 1.82) is 0 Å². The molecule has 0 aliphatic rings. The molecule has 0 unspecified atom stereocenters. The van der Waals surface area contributed by atoms with Crippen LogP contribution in [0, 0.1) is 0 Å². The number of aliphatic hydroxyl groups excluding tert-OH is 1. The zero-order chi connectivity index (χ0) is 37.4. The van der Waals surface area contributed by atoms with Gasteiger partial charge in [-0.3, -0.25) is 4.79 Å². The molecule has 3 aromatic heterocycles. The van der Waals surface area contributed by atoms with Gasteiger partial charge in [-0.1, -0.05) is 60.7 Å².